The number of thiazole rings is 1. The Morgan fingerprint density at radius 2 is 1.66 bits per heavy atom. The summed E-state index contributed by atoms with van der Waals surface area (Å²) in [5.74, 6) is -3.13. The number of carbonyl (C=O) groups is 1. The van der Waals surface area contributed by atoms with Crippen molar-refractivity contribution in [2.45, 2.75) is 37.3 Å². The topological polar surface area (TPSA) is 78.1 Å². The number of rotatable bonds is 7. The Morgan fingerprint density at radius 1 is 0.947 bits per heavy atom. The molecule has 0 saturated carbocycles. The number of fused-ring (bicyclic) bond motifs is 1. The Kier molecular flexibility index (Phi) is 7.70. The lowest BCUT2D eigenvalue weighted by molar-refractivity contribution is -0.206. The molecule has 0 bridgehead atoms. The summed E-state index contributed by atoms with van der Waals surface area (Å²) in [6, 6.07) is 8.67. The first kappa shape index (κ1) is 27.5. The monoisotopic (exact) mass is 557 g/mol. The largest absolute Gasteiger partial charge is 0.490 e. The van der Waals surface area contributed by atoms with Gasteiger partial charge in [-0.3, -0.25) is 0 Å². The molecule has 13 heteroatoms. The summed E-state index contributed by atoms with van der Waals surface area (Å²) >= 11 is 1.28. The number of benzene rings is 2. The van der Waals surface area contributed by atoms with Crippen molar-refractivity contribution < 1.29 is 40.3 Å². The minimum atomic E-state index is -5.31. The smallest absolute Gasteiger partial charge is 0.449 e. The van der Waals surface area contributed by atoms with E-state index in [0.29, 0.717) is 22.5 Å². The number of halogens is 7. The molecule has 4 rings (SSSR count). The quantitative estimate of drug-likeness (QED) is 0.157. The van der Waals surface area contributed by atoms with E-state index in [2.05, 4.69) is 14.7 Å². The van der Waals surface area contributed by atoms with E-state index in [1.807, 2.05) is 6.07 Å². The fraction of sp³-hybridized carbons (Fsp3) is 0.240. The highest BCUT2D eigenvalue weighted by atomic mass is 32.1. The molecule has 5 nitrogen and oxygen atoms in total. The van der Waals surface area contributed by atoms with Gasteiger partial charge in [0, 0.05) is 36.3 Å². The van der Waals surface area contributed by atoms with Gasteiger partial charge in [-0.2, -0.15) is 30.7 Å². The zero-order valence-corrected chi connectivity index (χ0v) is 20.0. The van der Waals surface area contributed by atoms with Crippen LogP contribution >= 0.6 is 11.3 Å². The van der Waals surface area contributed by atoms with Crippen LogP contribution in [0.15, 0.2) is 60.9 Å². The predicted octanol–water partition coefficient (Wildman–Crippen LogP) is 6.62. The van der Waals surface area contributed by atoms with E-state index in [1.54, 1.807) is 18.3 Å². The molecular weight excluding hydrogens is 539 g/mol. The molecule has 200 valence electrons. The molecule has 0 fully saturated rings. The predicted molar refractivity (Wildman–Crippen MR) is 125 cm³/mol. The van der Waals surface area contributed by atoms with Gasteiger partial charge in [0.2, 0.25) is 5.95 Å². The molecule has 0 amide bonds. The lowest BCUT2D eigenvalue weighted by atomic mass is 9.98. The van der Waals surface area contributed by atoms with Crippen molar-refractivity contribution in [3.63, 3.8) is 0 Å². The third-order valence-corrected chi connectivity index (χ3v) is 6.75. The van der Waals surface area contributed by atoms with Crippen LogP contribution < -0.4 is 5.73 Å². The summed E-state index contributed by atoms with van der Waals surface area (Å²) in [7, 11) is 0. The average Bonchev–Trinajstić information content (AvgIpc) is 3.33. The summed E-state index contributed by atoms with van der Waals surface area (Å²) in [6.07, 6.45) is -8.41. The maximum atomic E-state index is 13.5. The number of pyridine rings is 1. The van der Waals surface area contributed by atoms with Crippen LogP contribution in [0.4, 0.5) is 30.7 Å². The van der Waals surface area contributed by atoms with Gasteiger partial charge >= 0.3 is 18.3 Å². The normalized spacial score (nSPS) is 13.9. The van der Waals surface area contributed by atoms with E-state index in [-0.39, 0.29) is 18.4 Å². The number of aromatic nitrogens is 2. The summed E-state index contributed by atoms with van der Waals surface area (Å²) < 4.78 is 95.3. The van der Waals surface area contributed by atoms with Gasteiger partial charge in [0.05, 0.1) is 15.4 Å². The number of ether oxygens (including phenoxy) is 1. The van der Waals surface area contributed by atoms with E-state index >= 15 is 0 Å². The molecule has 2 heterocycles. The fourth-order valence-electron chi connectivity index (χ4n) is 3.71. The lowest BCUT2D eigenvalue weighted by Gasteiger charge is -2.25. The fourth-order valence-corrected chi connectivity index (χ4v) is 4.64. The van der Waals surface area contributed by atoms with Gasteiger partial charge in [-0.25, -0.2) is 14.8 Å². The first-order valence-electron chi connectivity index (χ1n) is 11.0. The van der Waals surface area contributed by atoms with Crippen molar-refractivity contribution in [2.24, 2.45) is 5.73 Å². The molecular formula is C25H18F7N3O2S. The molecule has 0 aliphatic heterocycles. The van der Waals surface area contributed by atoms with E-state index in [4.69, 9.17) is 5.73 Å². The van der Waals surface area contributed by atoms with E-state index in [9.17, 15) is 35.5 Å². The average molecular weight is 557 g/mol. The van der Waals surface area contributed by atoms with Gasteiger partial charge in [0.15, 0.2) is 0 Å². The Labute approximate surface area is 215 Å². The Bertz CT molecular complexity index is 1440. The molecule has 0 aliphatic carbocycles. The van der Waals surface area contributed by atoms with Gasteiger partial charge in [-0.05, 0) is 41.1 Å². The van der Waals surface area contributed by atoms with Gasteiger partial charge in [0.1, 0.15) is 6.10 Å². The second-order valence-electron chi connectivity index (χ2n) is 8.33. The van der Waals surface area contributed by atoms with Crippen LogP contribution in [0.2, 0.25) is 0 Å². The number of alkyl halides is 6. The van der Waals surface area contributed by atoms with Gasteiger partial charge < -0.3 is 10.5 Å². The molecule has 4 aromatic rings. The highest BCUT2D eigenvalue weighted by Crippen LogP contribution is 2.34. The third kappa shape index (κ3) is 6.45. The van der Waals surface area contributed by atoms with Crippen molar-refractivity contribution in [3.8, 4) is 10.4 Å². The Hall–Kier alpha value is -3.58. The molecule has 0 spiro atoms. The van der Waals surface area contributed by atoms with Crippen molar-refractivity contribution in [2.75, 3.05) is 0 Å². The Balaban J connectivity index is 1.50. The Morgan fingerprint density at radius 3 is 2.32 bits per heavy atom. The molecule has 0 radical (unpaired) electrons. The second kappa shape index (κ2) is 10.7. The summed E-state index contributed by atoms with van der Waals surface area (Å²) in [5, 5.41) is 1.95. The van der Waals surface area contributed by atoms with Crippen LogP contribution in [0.3, 0.4) is 0 Å². The first-order valence-corrected chi connectivity index (χ1v) is 11.8. The zero-order valence-electron chi connectivity index (χ0n) is 19.2. The van der Waals surface area contributed by atoms with Crippen LogP contribution in [0, 0.1) is 5.95 Å². The van der Waals surface area contributed by atoms with Crippen LogP contribution in [0.5, 0.6) is 0 Å². The minimum absolute atomic E-state index is 0.0123. The number of carbonyl (C=O) groups excluding carboxylic acids is 1. The van der Waals surface area contributed by atoms with Gasteiger partial charge in [-0.1, -0.05) is 24.3 Å². The first-order chi connectivity index (χ1) is 17.8. The molecule has 38 heavy (non-hydrogen) atoms. The number of esters is 1. The van der Waals surface area contributed by atoms with Crippen LogP contribution in [0.1, 0.15) is 28.7 Å². The number of hydrogen-bond donors (Lipinski definition) is 1. The highest BCUT2D eigenvalue weighted by Gasteiger charge is 2.43. The second-order valence-corrected chi connectivity index (χ2v) is 9.45. The third-order valence-electron chi connectivity index (χ3n) is 5.64. The minimum Gasteiger partial charge on any atom is -0.449 e. The van der Waals surface area contributed by atoms with Crippen LogP contribution in [0.25, 0.3) is 21.2 Å². The van der Waals surface area contributed by atoms with E-state index in [0.717, 1.165) is 28.0 Å². The maximum Gasteiger partial charge on any atom is 0.490 e. The SMILES string of the molecule is N[C@H](CCc1ncc(-c2ccc3cnc(F)cc3c2)s1)[C@@H](OC(=O)C(F)(F)F)c1ccc(C(F)(F)F)cc1. The molecule has 2 aromatic carbocycles. The summed E-state index contributed by atoms with van der Waals surface area (Å²) in [6.45, 7) is 0. The number of hydrogen-bond acceptors (Lipinski definition) is 6. The molecule has 2 N–H and O–H groups in total. The maximum absolute atomic E-state index is 13.5. The van der Waals surface area contributed by atoms with Gasteiger partial charge in [-0.15, -0.1) is 11.3 Å². The highest BCUT2D eigenvalue weighted by molar-refractivity contribution is 7.15. The standard InChI is InChI=1S/C25H18F7N3O2S/c26-20-10-16-9-14(1-2-15(16)11-34-20)19-12-35-21(38-19)8-7-18(33)22(37-23(36)25(30,31)32)13-3-5-17(6-4-13)24(27,28)29/h1-6,9-12,18,22H,7-8,33H2/t18-,22+/m1/s1. The van der Waals surface area contributed by atoms with Gasteiger partial charge in [0.25, 0.3) is 0 Å². The van der Waals surface area contributed by atoms with E-state index in [1.165, 1.54) is 23.6 Å². The van der Waals surface area contributed by atoms with Crippen LogP contribution in [-0.2, 0) is 22.1 Å². The van der Waals surface area contributed by atoms with Crippen LogP contribution in [-0.4, -0.2) is 28.2 Å². The van der Waals surface area contributed by atoms with Crippen molar-refractivity contribution in [1.29, 1.82) is 0 Å². The number of nitrogens with zero attached hydrogens (tertiary/aromatic N) is 2. The summed E-state index contributed by atoms with van der Waals surface area (Å²) in [5.41, 5.74) is 5.71. The van der Waals surface area contributed by atoms with Crippen molar-refractivity contribution in [1.82, 2.24) is 9.97 Å². The van der Waals surface area contributed by atoms with Crippen molar-refractivity contribution in [3.05, 3.63) is 83.0 Å². The van der Waals surface area contributed by atoms with Crippen molar-refractivity contribution >= 4 is 28.1 Å². The van der Waals surface area contributed by atoms with E-state index < -0.39 is 42.0 Å². The zero-order chi connectivity index (χ0) is 27.7. The molecule has 0 saturated heterocycles. The molecule has 0 unspecified atom stereocenters. The lowest BCUT2D eigenvalue weighted by Crippen LogP contribution is -2.36. The molecule has 0 aliphatic rings. The molecule has 2 aromatic heterocycles. The number of aryl methyl sites for hydroxylation is 1. The molecule has 2 atom stereocenters. The summed E-state index contributed by atoms with van der Waals surface area (Å²) in [4.78, 5) is 20.2. The number of nitrogens with two attached hydrogens (primary N) is 1.